The van der Waals surface area contributed by atoms with E-state index in [2.05, 4.69) is 67.6 Å². The maximum Gasteiger partial charge on any atom is 0.0639 e. The number of hydrogen-bond acceptors (Lipinski definition) is 2. The fourth-order valence-electron chi connectivity index (χ4n) is 4.00. The van der Waals surface area contributed by atoms with Gasteiger partial charge < -0.3 is 4.90 Å². The number of thiophene rings is 1. The zero-order valence-corrected chi connectivity index (χ0v) is 15.0. The van der Waals surface area contributed by atoms with Crippen molar-refractivity contribution in [3.63, 3.8) is 0 Å². The second-order valence-corrected chi connectivity index (χ2v) is 7.60. The van der Waals surface area contributed by atoms with Crippen LogP contribution >= 0.6 is 11.3 Å². The summed E-state index contributed by atoms with van der Waals surface area (Å²) in [5, 5.41) is 4.75. The lowest BCUT2D eigenvalue weighted by molar-refractivity contribution is 0.341. The van der Waals surface area contributed by atoms with Crippen LogP contribution in [0.15, 0.2) is 35.0 Å². The molecule has 0 N–H and O–H groups in total. The van der Waals surface area contributed by atoms with Crippen molar-refractivity contribution in [2.75, 3.05) is 4.90 Å². The Balaban J connectivity index is 2.14. The van der Waals surface area contributed by atoms with Gasteiger partial charge in [0.25, 0.3) is 0 Å². The smallest absolute Gasteiger partial charge is 0.0639 e. The van der Waals surface area contributed by atoms with Crippen LogP contribution in [0.2, 0.25) is 0 Å². The highest BCUT2D eigenvalue weighted by atomic mass is 32.1. The summed E-state index contributed by atoms with van der Waals surface area (Å²) in [6.07, 6.45) is 4.95. The van der Waals surface area contributed by atoms with Crippen molar-refractivity contribution < 1.29 is 0 Å². The van der Waals surface area contributed by atoms with Crippen LogP contribution < -0.4 is 4.90 Å². The van der Waals surface area contributed by atoms with Crippen LogP contribution in [0.1, 0.15) is 56.7 Å². The van der Waals surface area contributed by atoms with Gasteiger partial charge in [-0.2, -0.15) is 11.3 Å². The number of anilines is 1. The second-order valence-electron chi connectivity index (χ2n) is 6.85. The van der Waals surface area contributed by atoms with Crippen molar-refractivity contribution in [2.24, 2.45) is 0 Å². The standard InChI is InChI=1S/C20H27NS/c1-5-16(3)21(19-11-7-6-9-15(19)2)20(4)12-8-10-17-13-22-14-18(17)20/h6-7,9,11,13-14,16H,5,8,10,12H2,1-4H3/t16-,20?/m0/s1. The van der Waals surface area contributed by atoms with Gasteiger partial charge in [0.2, 0.25) is 0 Å². The lowest BCUT2D eigenvalue weighted by Gasteiger charge is -2.49. The third-order valence-electron chi connectivity index (χ3n) is 5.37. The lowest BCUT2D eigenvalue weighted by Crippen LogP contribution is -2.50. The molecule has 2 aromatic rings. The molecule has 2 heteroatoms. The monoisotopic (exact) mass is 313 g/mol. The molecule has 1 aromatic carbocycles. The fraction of sp³-hybridized carbons (Fsp3) is 0.500. The van der Waals surface area contributed by atoms with E-state index in [0.717, 1.165) is 0 Å². The number of para-hydroxylation sites is 1. The van der Waals surface area contributed by atoms with Crippen LogP contribution in [-0.4, -0.2) is 6.04 Å². The van der Waals surface area contributed by atoms with Gasteiger partial charge in [-0.3, -0.25) is 0 Å². The maximum atomic E-state index is 2.70. The molecule has 118 valence electrons. The van der Waals surface area contributed by atoms with E-state index in [1.807, 2.05) is 11.3 Å². The number of fused-ring (bicyclic) bond motifs is 1. The average molecular weight is 314 g/mol. The normalized spacial score (nSPS) is 22.2. The summed E-state index contributed by atoms with van der Waals surface area (Å²) in [7, 11) is 0. The number of aryl methyl sites for hydroxylation is 2. The number of rotatable bonds is 4. The van der Waals surface area contributed by atoms with Crippen molar-refractivity contribution in [3.8, 4) is 0 Å². The molecule has 22 heavy (non-hydrogen) atoms. The Morgan fingerprint density at radius 2 is 2.05 bits per heavy atom. The quantitative estimate of drug-likeness (QED) is 0.678. The topological polar surface area (TPSA) is 3.24 Å². The third-order valence-corrected chi connectivity index (χ3v) is 6.16. The van der Waals surface area contributed by atoms with Crippen molar-refractivity contribution in [1.82, 2.24) is 0 Å². The minimum Gasteiger partial charge on any atom is -0.359 e. The first-order valence-electron chi connectivity index (χ1n) is 8.48. The average Bonchev–Trinajstić information content (AvgIpc) is 2.99. The van der Waals surface area contributed by atoms with E-state index >= 15 is 0 Å². The largest absolute Gasteiger partial charge is 0.359 e. The van der Waals surface area contributed by atoms with Gasteiger partial charge in [-0.25, -0.2) is 0 Å². The molecule has 0 bridgehead atoms. The van der Waals surface area contributed by atoms with Gasteiger partial charge in [-0.15, -0.1) is 0 Å². The van der Waals surface area contributed by atoms with E-state index in [-0.39, 0.29) is 5.54 Å². The van der Waals surface area contributed by atoms with Crippen LogP contribution in [0.25, 0.3) is 0 Å². The van der Waals surface area contributed by atoms with Crippen molar-refractivity contribution in [3.05, 3.63) is 51.7 Å². The summed E-state index contributed by atoms with van der Waals surface area (Å²) in [5.74, 6) is 0. The number of nitrogens with zero attached hydrogens (tertiary/aromatic N) is 1. The molecule has 0 radical (unpaired) electrons. The molecule has 3 rings (SSSR count). The van der Waals surface area contributed by atoms with Gasteiger partial charge >= 0.3 is 0 Å². The molecular weight excluding hydrogens is 286 g/mol. The highest BCUT2D eigenvalue weighted by Gasteiger charge is 2.40. The first kappa shape index (κ1) is 15.6. The molecule has 1 aliphatic carbocycles. The molecule has 0 saturated heterocycles. The predicted molar refractivity (Wildman–Crippen MR) is 98.0 cm³/mol. The highest BCUT2D eigenvalue weighted by molar-refractivity contribution is 7.08. The van der Waals surface area contributed by atoms with Crippen LogP contribution in [-0.2, 0) is 12.0 Å². The van der Waals surface area contributed by atoms with Crippen LogP contribution in [0, 0.1) is 6.92 Å². The van der Waals surface area contributed by atoms with Gasteiger partial charge in [-0.1, -0.05) is 25.1 Å². The Morgan fingerprint density at radius 3 is 2.77 bits per heavy atom. The summed E-state index contributed by atoms with van der Waals surface area (Å²) in [6.45, 7) is 9.37. The van der Waals surface area contributed by atoms with Crippen molar-refractivity contribution in [1.29, 1.82) is 0 Å². The minimum atomic E-state index is 0.120. The molecule has 0 saturated carbocycles. The van der Waals surface area contributed by atoms with E-state index in [1.165, 1.54) is 36.9 Å². The summed E-state index contributed by atoms with van der Waals surface area (Å²) in [6, 6.07) is 9.40. The Morgan fingerprint density at radius 1 is 1.27 bits per heavy atom. The molecule has 0 fully saturated rings. The predicted octanol–water partition coefficient (Wildman–Crippen LogP) is 5.91. The maximum absolute atomic E-state index is 2.70. The third kappa shape index (κ3) is 2.48. The van der Waals surface area contributed by atoms with Crippen LogP contribution in [0.3, 0.4) is 0 Å². The Labute approximate surface area is 139 Å². The molecule has 0 amide bonds. The molecule has 1 nitrogen and oxygen atoms in total. The summed E-state index contributed by atoms with van der Waals surface area (Å²) in [4.78, 5) is 2.70. The van der Waals surface area contributed by atoms with Gasteiger partial charge in [0.1, 0.15) is 0 Å². The van der Waals surface area contributed by atoms with Crippen molar-refractivity contribution >= 4 is 17.0 Å². The lowest BCUT2D eigenvalue weighted by atomic mass is 9.77. The fourth-order valence-corrected chi connectivity index (χ4v) is 5.02. The molecule has 1 aliphatic rings. The van der Waals surface area contributed by atoms with E-state index in [1.54, 1.807) is 11.1 Å². The molecule has 1 aromatic heterocycles. The first-order chi connectivity index (χ1) is 10.6. The minimum absolute atomic E-state index is 0.120. The molecule has 1 heterocycles. The SMILES string of the molecule is CC[C@H](C)N(c1ccccc1C)C1(C)CCCc2cscc21. The zero-order chi connectivity index (χ0) is 15.7. The molecule has 0 spiro atoms. The molecule has 2 atom stereocenters. The van der Waals surface area contributed by atoms with Gasteiger partial charge in [-0.05, 0) is 80.0 Å². The van der Waals surface area contributed by atoms with E-state index < -0.39 is 0 Å². The zero-order valence-electron chi connectivity index (χ0n) is 14.2. The summed E-state index contributed by atoms with van der Waals surface area (Å²) < 4.78 is 0. The van der Waals surface area contributed by atoms with E-state index in [4.69, 9.17) is 0 Å². The molecule has 0 aliphatic heterocycles. The Kier molecular flexibility index (Phi) is 4.31. The van der Waals surface area contributed by atoms with Crippen LogP contribution in [0.4, 0.5) is 5.69 Å². The van der Waals surface area contributed by atoms with E-state index in [0.29, 0.717) is 6.04 Å². The summed E-state index contributed by atoms with van der Waals surface area (Å²) in [5.41, 5.74) is 6.03. The number of hydrogen-bond donors (Lipinski definition) is 0. The Bertz CT molecular complexity index is 645. The first-order valence-corrected chi connectivity index (χ1v) is 9.42. The van der Waals surface area contributed by atoms with Gasteiger partial charge in [0.05, 0.1) is 5.54 Å². The molecular formula is C20H27NS. The van der Waals surface area contributed by atoms with Gasteiger partial charge in [0, 0.05) is 11.7 Å². The van der Waals surface area contributed by atoms with Gasteiger partial charge in [0.15, 0.2) is 0 Å². The second kappa shape index (κ2) is 6.08. The Hall–Kier alpha value is -1.28. The van der Waals surface area contributed by atoms with Crippen molar-refractivity contribution in [2.45, 2.75) is 65.0 Å². The summed E-state index contributed by atoms with van der Waals surface area (Å²) >= 11 is 1.87. The van der Waals surface area contributed by atoms with E-state index in [9.17, 15) is 0 Å². The van der Waals surface area contributed by atoms with Crippen LogP contribution in [0.5, 0.6) is 0 Å². The molecule has 1 unspecified atom stereocenters. The number of benzene rings is 1. The highest BCUT2D eigenvalue weighted by Crippen LogP contribution is 2.45.